The molecular weight excluding hydrogens is 252 g/mol. The van der Waals surface area contributed by atoms with Gasteiger partial charge < -0.3 is 5.32 Å². The molecule has 0 spiro atoms. The molecule has 0 aliphatic carbocycles. The zero-order valence-corrected chi connectivity index (χ0v) is 11.0. The third-order valence-corrected chi connectivity index (χ3v) is 4.04. The van der Waals surface area contributed by atoms with Crippen LogP contribution in [0.1, 0.15) is 10.4 Å². The molecule has 0 radical (unpaired) electrons. The number of hydrogen-bond acceptors (Lipinski definition) is 3. The van der Waals surface area contributed by atoms with Gasteiger partial charge in [-0.2, -0.15) is 0 Å². The fourth-order valence-electron chi connectivity index (χ4n) is 1.24. The smallest absolute Gasteiger partial charge is 0.252 e. The summed E-state index contributed by atoms with van der Waals surface area (Å²) in [5.74, 6) is 1.87. The molecule has 1 N–H and O–H groups in total. The van der Waals surface area contributed by atoms with Gasteiger partial charge in [-0.1, -0.05) is 12.0 Å². The lowest BCUT2D eigenvalue weighted by Gasteiger charge is -2.12. The molecule has 0 saturated carbocycles. The third-order valence-electron chi connectivity index (χ3n) is 2.23. The van der Waals surface area contributed by atoms with Gasteiger partial charge in [0.1, 0.15) is 0 Å². The molecule has 0 unspecified atom stereocenters. The number of nitrogens with one attached hydrogen (secondary N) is 1. The number of terminal acetylenes is 1. The lowest BCUT2D eigenvalue weighted by Crippen LogP contribution is -2.25. The molecule has 6 heteroatoms. The highest BCUT2D eigenvalue weighted by Gasteiger charge is 2.18. The van der Waals surface area contributed by atoms with Crippen molar-refractivity contribution >= 4 is 15.9 Å². The average molecular weight is 266 g/mol. The molecule has 0 heterocycles. The fraction of sp³-hybridized carbons (Fsp3) is 0.250. The van der Waals surface area contributed by atoms with Crippen LogP contribution in [0.3, 0.4) is 0 Å². The van der Waals surface area contributed by atoms with Crippen molar-refractivity contribution in [2.45, 2.75) is 4.90 Å². The van der Waals surface area contributed by atoms with Gasteiger partial charge in [0.05, 0.1) is 11.4 Å². The standard InChI is InChI=1S/C12H14N2O3S/c1-4-8-13-12(15)10-6-5-7-11(9-10)18(16,17)14(2)3/h1,5-7,9H,8H2,2-3H3,(H,13,15). The second-order valence-corrected chi connectivity index (χ2v) is 5.85. The summed E-state index contributed by atoms with van der Waals surface area (Å²) in [4.78, 5) is 11.7. The Morgan fingerprint density at radius 3 is 2.67 bits per heavy atom. The Kier molecular flexibility index (Phi) is 4.48. The number of rotatable bonds is 4. The normalized spacial score (nSPS) is 11.0. The maximum absolute atomic E-state index is 11.9. The van der Waals surface area contributed by atoms with Gasteiger partial charge in [-0.3, -0.25) is 4.79 Å². The molecule has 0 atom stereocenters. The minimum Gasteiger partial charge on any atom is -0.341 e. The van der Waals surface area contributed by atoms with Gasteiger partial charge in [-0.15, -0.1) is 6.42 Å². The number of sulfonamides is 1. The van der Waals surface area contributed by atoms with E-state index in [1.807, 2.05) is 0 Å². The van der Waals surface area contributed by atoms with E-state index in [-0.39, 0.29) is 17.0 Å². The predicted molar refractivity (Wildman–Crippen MR) is 68.5 cm³/mol. The number of benzene rings is 1. The zero-order valence-electron chi connectivity index (χ0n) is 10.2. The highest BCUT2D eigenvalue weighted by Crippen LogP contribution is 2.14. The highest BCUT2D eigenvalue weighted by atomic mass is 32.2. The highest BCUT2D eigenvalue weighted by molar-refractivity contribution is 7.89. The minimum atomic E-state index is -3.54. The predicted octanol–water partition coefficient (Wildman–Crippen LogP) is 0.300. The van der Waals surface area contributed by atoms with Gasteiger partial charge in [0, 0.05) is 19.7 Å². The van der Waals surface area contributed by atoms with Crippen LogP contribution < -0.4 is 5.32 Å². The second-order valence-electron chi connectivity index (χ2n) is 3.70. The Bertz CT molecular complexity index is 586. The van der Waals surface area contributed by atoms with Crippen LogP contribution in [0.4, 0.5) is 0 Å². The summed E-state index contributed by atoms with van der Waals surface area (Å²) in [5.41, 5.74) is 0.258. The van der Waals surface area contributed by atoms with Crippen LogP contribution in [0.25, 0.3) is 0 Å². The first-order valence-corrected chi connectivity index (χ1v) is 6.58. The number of carbonyl (C=O) groups is 1. The summed E-state index contributed by atoms with van der Waals surface area (Å²) in [7, 11) is -0.678. The van der Waals surface area contributed by atoms with E-state index in [9.17, 15) is 13.2 Å². The minimum absolute atomic E-state index is 0.0702. The molecule has 18 heavy (non-hydrogen) atoms. The molecule has 1 amide bonds. The topological polar surface area (TPSA) is 66.5 Å². The first-order chi connectivity index (χ1) is 8.39. The molecule has 1 aromatic carbocycles. The Morgan fingerprint density at radius 2 is 2.11 bits per heavy atom. The number of hydrogen-bond donors (Lipinski definition) is 1. The average Bonchev–Trinajstić information content (AvgIpc) is 2.35. The summed E-state index contributed by atoms with van der Waals surface area (Å²) in [6.45, 7) is 0.101. The first kappa shape index (κ1) is 14.2. The van der Waals surface area contributed by atoms with Gasteiger partial charge in [0.2, 0.25) is 10.0 Å². The van der Waals surface area contributed by atoms with E-state index >= 15 is 0 Å². The maximum Gasteiger partial charge on any atom is 0.252 e. The van der Waals surface area contributed by atoms with Gasteiger partial charge in [-0.05, 0) is 18.2 Å². The van der Waals surface area contributed by atoms with Gasteiger partial charge in [0.25, 0.3) is 5.91 Å². The molecule has 0 fully saturated rings. The van der Waals surface area contributed by atoms with Crippen molar-refractivity contribution in [2.24, 2.45) is 0 Å². The summed E-state index contributed by atoms with van der Waals surface area (Å²) in [6.07, 6.45) is 5.03. The van der Waals surface area contributed by atoms with Gasteiger partial charge >= 0.3 is 0 Å². The van der Waals surface area contributed by atoms with E-state index in [1.165, 1.54) is 38.4 Å². The van der Waals surface area contributed by atoms with Crippen LogP contribution in [0.2, 0.25) is 0 Å². The Morgan fingerprint density at radius 1 is 1.44 bits per heavy atom. The SMILES string of the molecule is C#CCNC(=O)c1cccc(S(=O)(=O)N(C)C)c1. The van der Waals surface area contributed by atoms with Crippen molar-refractivity contribution < 1.29 is 13.2 Å². The molecule has 0 bridgehead atoms. The van der Waals surface area contributed by atoms with E-state index in [0.29, 0.717) is 0 Å². The molecule has 0 aliphatic heterocycles. The Hall–Kier alpha value is -1.84. The lowest BCUT2D eigenvalue weighted by molar-refractivity contribution is 0.0958. The molecule has 0 saturated heterocycles. The lowest BCUT2D eigenvalue weighted by atomic mass is 10.2. The van der Waals surface area contributed by atoms with Crippen LogP contribution in [0.5, 0.6) is 0 Å². The van der Waals surface area contributed by atoms with Crippen molar-refractivity contribution in [3.05, 3.63) is 29.8 Å². The molecule has 96 valence electrons. The van der Waals surface area contributed by atoms with Crippen LogP contribution in [-0.2, 0) is 10.0 Å². The summed E-state index contributed by atoms with van der Waals surface area (Å²) >= 11 is 0. The van der Waals surface area contributed by atoms with E-state index in [1.54, 1.807) is 0 Å². The zero-order chi connectivity index (χ0) is 13.8. The Labute approximate surface area is 107 Å². The van der Waals surface area contributed by atoms with E-state index in [4.69, 9.17) is 6.42 Å². The number of amides is 1. The van der Waals surface area contributed by atoms with E-state index < -0.39 is 15.9 Å². The maximum atomic E-state index is 11.9. The largest absolute Gasteiger partial charge is 0.341 e. The monoisotopic (exact) mass is 266 g/mol. The first-order valence-electron chi connectivity index (χ1n) is 5.14. The van der Waals surface area contributed by atoms with E-state index in [0.717, 1.165) is 4.31 Å². The Balaban J connectivity index is 3.08. The number of nitrogens with zero attached hydrogens (tertiary/aromatic N) is 1. The van der Waals surface area contributed by atoms with Crippen molar-refractivity contribution in [1.82, 2.24) is 9.62 Å². The molecule has 0 aliphatic rings. The summed E-state index contributed by atoms with van der Waals surface area (Å²) in [6, 6.07) is 5.80. The summed E-state index contributed by atoms with van der Waals surface area (Å²) < 4.78 is 24.9. The fourth-order valence-corrected chi connectivity index (χ4v) is 2.19. The van der Waals surface area contributed by atoms with Crippen LogP contribution in [0, 0.1) is 12.3 Å². The number of carbonyl (C=O) groups excluding carboxylic acids is 1. The van der Waals surface area contributed by atoms with Crippen molar-refractivity contribution in [3.63, 3.8) is 0 Å². The van der Waals surface area contributed by atoms with Gasteiger partial charge in [-0.25, -0.2) is 12.7 Å². The quantitative estimate of drug-likeness (QED) is 0.797. The summed E-state index contributed by atoms with van der Waals surface area (Å²) in [5, 5.41) is 2.47. The van der Waals surface area contributed by atoms with E-state index in [2.05, 4.69) is 11.2 Å². The van der Waals surface area contributed by atoms with Crippen molar-refractivity contribution in [3.8, 4) is 12.3 Å². The van der Waals surface area contributed by atoms with Crippen LogP contribution in [-0.4, -0.2) is 39.3 Å². The van der Waals surface area contributed by atoms with Crippen LogP contribution >= 0.6 is 0 Å². The van der Waals surface area contributed by atoms with Gasteiger partial charge in [0.15, 0.2) is 0 Å². The third kappa shape index (κ3) is 3.09. The van der Waals surface area contributed by atoms with Crippen molar-refractivity contribution in [2.75, 3.05) is 20.6 Å². The van der Waals surface area contributed by atoms with Crippen molar-refractivity contribution in [1.29, 1.82) is 0 Å². The van der Waals surface area contributed by atoms with Crippen LogP contribution in [0.15, 0.2) is 29.2 Å². The second kappa shape index (κ2) is 5.67. The molecule has 0 aromatic heterocycles. The molecular formula is C12H14N2O3S. The molecule has 1 rings (SSSR count). The molecule has 5 nitrogen and oxygen atoms in total. The molecule has 1 aromatic rings.